The molecule has 1 aliphatic carbocycles. The van der Waals surface area contributed by atoms with Gasteiger partial charge in [-0.1, -0.05) is 29.8 Å². The van der Waals surface area contributed by atoms with E-state index in [-0.39, 0.29) is 47.4 Å². The Morgan fingerprint density at radius 3 is 2.54 bits per heavy atom. The van der Waals surface area contributed by atoms with Crippen molar-refractivity contribution >= 4 is 35.1 Å². The number of benzene rings is 2. The van der Waals surface area contributed by atoms with Crippen LogP contribution in [0.4, 0.5) is 10.1 Å². The first-order valence-electron chi connectivity index (χ1n) is 11.9. The fourth-order valence-electron chi connectivity index (χ4n) is 4.38. The minimum absolute atomic E-state index is 0.0296. The molecule has 1 aromatic heterocycles. The minimum Gasteiger partial charge on any atom is -0.422 e. The van der Waals surface area contributed by atoms with Crippen LogP contribution in [-0.4, -0.2) is 52.1 Å². The molecule has 37 heavy (non-hydrogen) atoms. The number of carbonyl (C=O) groups is 3. The highest BCUT2D eigenvalue weighted by molar-refractivity contribution is 6.33. The summed E-state index contributed by atoms with van der Waals surface area (Å²) in [6.45, 7) is -0.245. The number of carbonyl (C=O) groups excluding carboxylic acids is 3. The van der Waals surface area contributed by atoms with Crippen LogP contribution in [0.15, 0.2) is 54.9 Å². The van der Waals surface area contributed by atoms with Gasteiger partial charge in [0, 0.05) is 18.5 Å². The molecule has 1 aliphatic rings. The summed E-state index contributed by atoms with van der Waals surface area (Å²) in [7, 11) is 0. The number of imidazole rings is 1. The lowest BCUT2D eigenvalue weighted by Crippen LogP contribution is -2.43. The SMILES string of the molecule is O=C(NC1CCC(C(=O)N(CCO)c2ccc(F)cc2Cl)CC1)c1nc[nH]c1C(=O)Oc1ccccc1. The van der Waals surface area contributed by atoms with Crippen molar-refractivity contribution < 1.29 is 28.6 Å². The topological polar surface area (TPSA) is 125 Å². The third-order valence-electron chi connectivity index (χ3n) is 6.21. The number of nitrogens with one attached hydrogen (secondary N) is 2. The number of ether oxygens (including phenoxy) is 1. The fraction of sp³-hybridized carbons (Fsp3) is 0.308. The van der Waals surface area contributed by atoms with Crippen molar-refractivity contribution in [2.24, 2.45) is 5.92 Å². The number of esters is 1. The van der Waals surface area contributed by atoms with E-state index in [1.54, 1.807) is 30.3 Å². The Balaban J connectivity index is 1.35. The first-order valence-corrected chi connectivity index (χ1v) is 12.2. The van der Waals surface area contributed by atoms with E-state index in [4.69, 9.17) is 16.3 Å². The number of aliphatic hydroxyl groups is 1. The zero-order valence-electron chi connectivity index (χ0n) is 19.8. The predicted octanol–water partition coefficient (Wildman–Crippen LogP) is 3.74. The van der Waals surface area contributed by atoms with Gasteiger partial charge in [0.25, 0.3) is 5.91 Å². The van der Waals surface area contributed by atoms with E-state index < -0.39 is 17.7 Å². The number of halogens is 2. The molecule has 1 heterocycles. The second-order valence-electron chi connectivity index (χ2n) is 8.66. The van der Waals surface area contributed by atoms with Gasteiger partial charge in [0.15, 0.2) is 11.4 Å². The van der Waals surface area contributed by atoms with Crippen LogP contribution >= 0.6 is 11.6 Å². The van der Waals surface area contributed by atoms with Gasteiger partial charge in [0.2, 0.25) is 5.91 Å². The first-order chi connectivity index (χ1) is 17.9. The number of rotatable bonds is 8. The number of amides is 2. The van der Waals surface area contributed by atoms with E-state index in [1.165, 1.54) is 23.4 Å². The zero-order chi connectivity index (χ0) is 26.4. The maximum absolute atomic E-state index is 13.5. The highest BCUT2D eigenvalue weighted by Gasteiger charge is 2.32. The fourth-order valence-corrected chi connectivity index (χ4v) is 4.65. The average molecular weight is 529 g/mol. The Bertz CT molecular complexity index is 1260. The second-order valence-corrected chi connectivity index (χ2v) is 9.07. The molecule has 0 atom stereocenters. The van der Waals surface area contributed by atoms with E-state index in [0.29, 0.717) is 37.1 Å². The molecule has 4 rings (SSSR count). The van der Waals surface area contributed by atoms with Crippen LogP contribution in [0.5, 0.6) is 5.75 Å². The molecule has 1 saturated carbocycles. The van der Waals surface area contributed by atoms with Gasteiger partial charge in [0.1, 0.15) is 11.6 Å². The summed E-state index contributed by atoms with van der Waals surface area (Å²) < 4.78 is 18.8. The Morgan fingerprint density at radius 2 is 1.86 bits per heavy atom. The van der Waals surface area contributed by atoms with Gasteiger partial charge >= 0.3 is 5.97 Å². The number of para-hydroxylation sites is 1. The Labute approximate surface area is 217 Å². The number of aliphatic hydroxyl groups excluding tert-OH is 1. The molecule has 9 nitrogen and oxygen atoms in total. The average Bonchev–Trinajstić information content (AvgIpc) is 3.39. The van der Waals surface area contributed by atoms with Crippen molar-refractivity contribution in [3.8, 4) is 5.75 Å². The smallest absolute Gasteiger partial charge is 0.362 e. The number of nitrogens with zero attached hydrogens (tertiary/aromatic N) is 2. The quantitative estimate of drug-likeness (QED) is 0.302. The Kier molecular flexibility index (Phi) is 8.52. The van der Waals surface area contributed by atoms with Crippen molar-refractivity contribution in [3.63, 3.8) is 0 Å². The van der Waals surface area contributed by atoms with Crippen LogP contribution < -0.4 is 15.0 Å². The largest absolute Gasteiger partial charge is 0.422 e. The van der Waals surface area contributed by atoms with E-state index in [0.717, 1.165) is 6.07 Å². The Hall–Kier alpha value is -3.76. The number of hydrogen-bond donors (Lipinski definition) is 3. The third-order valence-corrected chi connectivity index (χ3v) is 6.52. The molecule has 2 aromatic carbocycles. The van der Waals surface area contributed by atoms with Gasteiger partial charge in [-0.2, -0.15) is 0 Å². The lowest BCUT2D eigenvalue weighted by atomic mass is 9.85. The van der Waals surface area contributed by atoms with Gasteiger partial charge in [-0.05, 0) is 56.0 Å². The summed E-state index contributed by atoms with van der Waals surface area (Å²) >= 11 is 6.15. The van der Waals surface area contributed by atoms with E-state index >= 15 is 0 Å². The number of anilines is 1. The van der Waals surface area contributed by atoms with Crippen molar-refractivity contribution in [3.05, 3.63) is 77.1 Å². The normalized spacial score (nSPS) is 17.2. The minimum atomic E-state index is -0.730. The van der Waals surface area contributed by atoms with Gasteiger partial charge in [-0.25, -0.2) is 14.2 Å². The van der Waals surface area contributed by atoms with Gasteiger partial charge in [-0.15, -0.1) is 0 Å². The number of aromatic amines is 1. The third kappa shape index (κ3) is 6.33. The second kappa shape index (κ2) is 12.0. The highest BCUT2D eigenvalue weighted by atomic mass is 35.5. The van der Waals surface area contributed by atoms with Gasteiger partial charge in [0.05, 0.1) is 23.6 Å². The standard InChI is InChI=1S/C26H26ClFN4O5/c27-20-14-17(28)8-11-21(20)32(12-13-33)25(35)16-6-9-18(10-7-16)31-24(34)22-23(30-15-29-22)26(36)37-19-4-2-1-3-5-19/h1-5,8,11,14-16,18,33H,6-7,9-10,12-13H2,(H,29,30)(H,31,34). The molecular formula is C26H26ClFN4O5. The first kappa shape index (κ1) is 26.3. The summed E-state index contributed by atoms with van der Waals surface area (Å²) in [4.78, 5) is 46.6. The Morgan fingerprint density at radius 1 is 1.14 bits per heavy atom. The molecule has 2 amide bonds. The molecule has 0 bridgehead atoms. The molecule has 0 spiro atoms. The molecular weight excluding hydrogens is 503 g/mol. The van der Waals surface area contributed by atoms with Crippen LogP contribution in [0.3, 0.4) is 0 Å². The van der Waals surface area contributed by atoms with Crippen LogP contribution in [0.25, 0.3) is 0 Å². The maximum atomic E-state index is 13.5. The van der Waals surface area contributed by atoms with Crippen molar-refractivity contribution in [1.29, 1.82) is 0 Å². The van der Waals surface area contributed by atoms with Crippen molar-refractivity contribution in [2.75, 3.05) is 18.1 Å². The summed E-state index contributed by atoms with van der Waals surface area (Å²) in [5, 5.41) is 12.4. The maximum Gasteiger partial charge on any atom is 0.362 e. The molecule has 194 valence electrons. The lowest BCUT2D eigenvalue weighted by Gasteiger charge is -2.32. The predicted molar refractivity (Wildman–Crippen MR) is 134 cm³/mol. The number of aromatic nitrogens is 2. The van der Waals surface area contributed by atoms with Crippen LogP contribution in [-0.2, 0) is 4.79 Å². The lowest BCUT2D eigenvalue weighted by molar-refractivity contribution is -0.123. The monoisotopic (exact) mass is 528 g/mol. The highest BCUT2D eigenvalue weighted by Crippen LogP contribution is 2.32. The molecule has 1 fully saturated rings. The van der Waals surface area contributed by atoms with Crippen molar-refractivity contribution in [2.45, 2.75) is 31.7 Å². The molecule has 0 aliphatic heterocycles. The summed E-state index contributed by atoms with van der Waals surface area (Å²) in [6.07, 6.45) is 3.30. The molecule has 11 heteroatoms. The van der Waals surface area contributed by atoms with Crippen molar-refractivity contribution in [1.82, 2.24) is 15.3 Å². The van der Waals surface area contributed by atoms with Crippen LogP contribution in [0.2, 0.25) is 5.02 Å². The van der Waals surface area contributed by atoms with Gasteiger partial charge < -0.3 is 25.0 Å². The van der Waals surface area contributed by atoms with Crippen LogP contribution in [0.1, 0.15) is 46.7 Å². The summed E-state index contributed by atoms with van der Waals surface area (Å²) in [6, 6.07) is 12.0. The van der Waals surface area contributed by atoms with E-state index in [1.807, 2.05) is 0 Å². The number of H-pyrrole nitrogens is 1. The van der Waals surface area contributed by atoms with Crippen LogP contribution in [0, 0.1) is 11.7 Å². The zero-order valence-corrected chi connectivity index (χ0v) is 20.6. The molecule has 0 radical (unpaired) electrons. The van der Waals surface area contributed by atoms with Gasteiger partial charge in [-0.3, -0.25) is 9.59 Å². The number of hydrogen-bond acceptors (Lipinski definition) is 6. The van der Waals surface area contributed by atoms with E-state index in [2.05, 4.69) is 15.3 Å². The summed E-state index contributed by atoms with van der Waals surface area (Å²) in [5.74, 6) is -1.99. The summed E-state index contributed by atoms with van der Waals surface area (Å²) in [5.41, 5.74) is 0.214. The molecule has 3 N–H and O–H groups in total. The molecule has 3 aromatic rings. The molecule has 0 saturated heterocycles. The molecule has 0 unspecified atom stereocenters. The van der Waals surface area contributed by atoms with E-state index in [9.17, 15) is 23.9 Å².